The summed E-state index contributed by atoms with van der Waals surface area (Å²) in [6, 6.07) is 2.58. The Bertz CT molecular complexity index is 480. The van der Waals surface area contributed by atoms with Crippen LogP contribution in [-0.2, 0) is 0 Å². The molecule has 2 heterocycles. The van der Waals surface area contributed by atoms with Crippen molar-refractivity contribution in [2.75, 3.05) is 23.3 Å². The van der Waals surface area contributed by atoms with Crippen LogP contribution in [0.15, 0.2) is 6.07 Å². The molecule has 19 heavy (non-hydrogen) atoms. The van der Waals surface area contributed by atoms with Gasteiger partial charge in [-0.2, -0.15) is 4.98 Å². The predicted octanol–water partition coefficient (Wildman–Crippen LogP) is 1.83. The zero-order valence-electron chi connectivity index (χ0n) is 11.1. The van der Waals surface area contributed by atoms with E-state index < -0.39 is 0 Å². The molecule has 1 aliphatic heterocycles. The highest BCUT2D eigenvalue weighted by Gasteiger charge is 2.22. The Labute approximate surface area is 118 Å². The Morgan fingerprint density at radius 2 is 2.05 bits per heavy atom. The molecule has 1 aliphatic carbocycles. The highest BCUT2D eigenvalue weighted by atomic mass is 32.1. The number of hydrogen-bond donors (Lipinski definition) is 2. The maximum Gasteiger partial charge on any atom is 0.231 e. The van der Waals surface area contributed by atoms with Crippen LogP contribution in [-0.4, -0.2) is 34.2 Å². The number of aryl methyl sites for hydroxylation is 1. The summed E-state index contributed by atoms with van der Waals surface area (Å²) >= 11 is 5.26. The van der Waals surface area contributed by atoms with E-state index in [0.717, 1.165) is 24.6 Å². The van der Waals surface area contributed by atoms with Crippen molar-refractivity contribution in [2.45, 2.75) is 38.6 Å². The lowest BCUT2D eigenvalue weighted by Gasteiger charge is -2.18. The Hall–Kier alpha value is -1.43. The fourth-order valence-electron chi connectivity index (χ4n) is 2.27. The number of anilines is 2. The molecule has 2 fully saturated rings. The van der Waals surface area contributed by atoms with E-state index >= 15 is 0 Å². The smallest absolute Gasteiger partial charge is 0.231 e. The molecule has 0 amide bonds. The number of nitrogens with zero attached hydrogens (tertiary/aromatic N) is 3. The van der Waals surface area contributed by atoms with Gasteiger partial charge in [-0.1, -0.05) is 0 Å². The molecular formula is C13H19N5S. The predicted molar refractivity (Wildman–Crippen MR) is 80.6 cm³/mol. The summed E-state index contributed by atoms with van der Waals surface area (Å²) in [4.78, 5) is 11.3. The van der Waals surface area contributed by atoms with Gasteiger partial charge in [0.2, 0.25) is 5.95 Å². The largest absolute Gasteiger partial charge is 0.360 e. The van der Waals surface area contributed by atoms with E-state index in [9.17, 15) is 0 Å². The maximum atomic E-state index is 5.26. The molecule has 102 valence electrons. The molecule has 1 saturated carbocycles. The molecule has 6 heteroatoms. The van der Waals surface area contributed by atoms with Gasteiger partial charge in [-0.15, -0.1) is 0 Å². The van der Waals surface area contributed by atoms with Gasteiger partial charge in [0.1, 0.15) is 5.82 Å². The average Bonchev–Trinajstić information content (AvgIpc) is 2.99. The molecule has 2 aliphatic rings. The lowest BCUT2D eigenvalue weighted by Crippen LogP contribution is -2.31. The first-order chi connectivity index (χ1) is 9.20. The fourth-order valence-corrected chi connectivity index (χ4v) is 2.52. The van der Waals surface area contributed by atoms with Crippen molar-refractivity contribution < 1.29 is 0 Å². The second kappa shape index (κ2) is 5.28. The zero-order valence-corrected chi connectivity index (χ0v) is 12.0. The third kappa shape index (κ3) is 3.32. The molecule has 0 unspecified atom stereocenters. The van der Waals surface area contributed by atoms with E-state index in [-0.39, 0.29) is 0 Å². The van der Waals surface area contributed by atoms with Crippen molar-refractivity contribution in [3.8, 4) is 0 Å². The monoisotopic (exact) mass is 277 g/mol. The third-order valence-corrected chi connectivity index (χ3v) is 3.63. The second-order valence-electron chi connectivity index (χ2n) is 5.26. The van der Waals surface area contributed by atoms with Crippen molar-refractivity contribution in [3.05, 3.63) is 11.8 Å². The van der Waals surface area contributed by atoms with E-state index in [2.05, 4.69) is 25.5 Å². The van der Waals surface area contributed by atoms with Crippen LogP contribution in [0.25, 0.3) is 0 Å². The first-order valence-corrected chi connectivity index (χ1v) is 7.30. The summed E-state index contributed by atoms with van der Waals surface area (Å²) in [6.07, 6.45) is 4.89. The fraction of sp³-hybridized carbons (Fsp3) is 0.615. The standard InChI is InChI=1S/C13H19N5S/c1-9-8-11(18-6-2-3-7-18)16-12(14-9)17-13(19)15-10-4-5-10/h8,10H,2-7H2,1H3,(H2,14,15,16,17,19). The van der Waals surface area contributed by atoms with Gasteiger partial charge < -0.3 is 15.5 Å². The van der Waals surface area contributed by atoms with Gasteiger partial charge in [-0.3, -0.25) is 0 Å². The normalized spacial score (nSPS) is 18.5. The summed E-state index contributed by atoms with van der Waals surface area (Å²) in [5.74, 6) is 1.60. The van der Waals surface area contributed by atoms with Crippen LogP contribution in [0.5, 0.6) is 0 Å². The van der Waals surface area contributed by atoms with Crippen LogP contribution in [0.2, 0.25) is 0 Å². The summed E-state index contributed by atoms with van der Waals surface area (Å²) in [6.45, 7) is 4.16. The molecule has 0 spiro atoms. The summed E-state index contributed by atoms with van der Waals surface area (Å²) in [5.41, 5.74) is 0.966. The van der Waals surface area contributed by atoms with Crippen molar-refractivity contribution in [2.24, 2.45) is 0 Å². The minimum atomic E-state index is 0.544. The van der Waals surface area contributed by atoms with Crippen LogP contribution in [0.4, 0.5) is 11.8 Å². The van der Waals surface area contributed by atoms with Crippen molar-refractivity contribution in [3.63, 3.8) is 0 Å². The molecular weight excluding hydrogens is 258 g/mol. The van der Waals surface area contributed by atoms with E-state index in [1.807, 2.05) is 13.0 Å². The molecule has 0 atom stereocenters. The van der Waals surface area contributed by atoms with E-state index in [1.165, 1.54) is 25.7 Å². The lowest BCUT2D eigenvalue weighted by atomic mass is 10.4. The quantitative estimate of drug-likeness (QED) is 0.822. The number of aromatic nitrogens is 2. The topological polar surface area (TPSA) is 53.1 Å². The van der Waals surface area contributed by atoms with Crippen LogP contribution in [0.1, 0.15) is 31.4 Å². The molecule has 0 radical (unpaired) electrons. The van der Waals surface area contributed by atoms with Crippen molar-refractivity contribution in [1.29, 1.82) is 0 Å². The van der Waals surface area contributed by atoms with Crippen LogP contribution in [0, 0.1) is 6.92 Å². The molecule has 1 aromatic heterocycles. The SMILES string of the molecule is Cc1cc(N2CCCC2)nc(NC(=S)NC2CC2)n1. The van der Waals surface area contributed by atoms with E-state index in [1.54, 1.807) is 0 Å². The lowest BCUT2D eigenvalue weighted by molar-refractivity contribution is 0.908. The number of nitrogens with one attached hydrogen (secondary N) is 2. The zero-order chi connectivity index (χ0) is 13.2. The third-order valence-electron chi connectivity index (χ3n) is 3.41. The van der Waals surface area contributed by atoms with Gasteiger partial charge in [0.25, 0.3) is 0 Å². The van der Waals surface area contributed by atoms with Gasteiger partial charge in [0.15, 0.2) is 5.11 Å². The van der Waals surface area contributed by atoms with E-state index in [4.69, 9.17) is 12.2 Å². The minimum absolute atomic E-state index is 0.544. The second-order valence-corrected chi connectivity index (χ2v) is 5.67. The highest BCUT2D eigenvalue weighted by molar-refractivity contribution is 7.80. The molecule has 1 saturated heterocycles. The van der Waals surface area contributed by atoms with Crippen LogP contribution < -0.4 is 15.5 Å². The number of rotatable bonds is 3. The van der Waals surface area contributed by atoms with Gasteiger partial charge in [0.05, 0.1) is 0 Å². The van der Waals surface area contributed by atoms with Gasteiger partial charge in [-0.05, 0) is 44.8 Å². The number of hydrogen-bond acceptors (Lipinski definition) is 4. The molecule has 3 rings (SSSR count). The van der Waals surface area contributed by atoms with Crippen LogP contribution >= 0.6 is 12.2 Å². The van der Waals surface area contributed by atoms with Gasteiger partial charge in [-0.25, -0.2) is 4.98 Å². The molecule has 2 N–H and O–H groups in total. The molecule has 5 nitrogen and oxygen atoms in total. The van der Waals surface area contributed by atoms with E-state index in [0.29, 0.717) is 17.1 Å². The Balaban J connectivity index is 1.70. The summed E-state index contributed by atoms with van der Waals surface area (Å²) < 4.78 is 0. The summed E-state index contributed by atoms with van der Waals surface area (Å²) in [5, 5.41) is 6.95. The van der Waals surface area contributed by atoms with Gasteiger partial charge in [0, 0.05) is 30.9 Å². The highest BCUT2D eigenvalue weighted by Crippen LogP contribution is 2.21. The average molecular weight is 277 g/mol. The minimum Gasteiger partial charge on any atom is -0.360 e. The maximum absolute atomic E-state index is 5.26. The Kier molecular flexibility index (Phi) is 3.50. The van der Waals surface area contributed by atoms with Crippen molar-refractivity contribution in [1.82, 2.24) is 15.3 Å². The first kappa shape index (κ1) is 12.6. The Morgan fingerprint density at radius 1 is 1.32 bits per heavy atom. The van der Waals surface area contributed by atoms with Crippen LogP contribution in [0.3, 0.4) is 0 Å². The summed E-state index contributed by atoms with van der Waals surface area (Å²) in [7, 11) is 0. The van der Waals surface area contributed by atoms with Gasteiger partial charge >= 0.3 is 0 Å². The molecule has 0 bridgehead atoms. The molecule has 1 aromatic rings. The Morgan fingerprint density at radius 3 is 2.74 bits per heavy atom. The van der Waals surface area contributed by atoms with Crippen molar-refractivity contribution >= 4 is 29.1 Å². The molecule has 0 aromatic carbocycles. The number of thiocarbonyl (C=S) groups is 1. The first-order valence-electron chi connectivity index (χ1n) is 6.89.